The summed E-state index contributed by atoms with van der Waals surface area (Å²) in [5.41, 5.74) is 5.84. The molecule has 0 amide bonds. The lowest BCUT2D eigenvalue weighted by Gasteiger charge is -2.11. The fourth-order valence-electron chi connectivity index (χ4n) is 3.08. The van der Waals surface area contributed by atoms with Crippen LogP contribution in [0.1, 0.15) is 16.7 Å². The number of benzene rings is 2. The topological polar surface area (TPSA) is 39.9 Å². The van der Waals surface area contributed by atoms with Crippen LogP contribution in [0.5, 0.6) is 5.75 Å². The van der Waals surface area contributed by atoms with E-state index >= 15 is 0 Å². The average molecular weight is 375 g/mol. The van der Waals surface area contributed by atoms with E-state index in [1.165, 1.54) is 16.7 Å². The standard InChI is InChI=1S/C22H21N3OS/c1-16-6-3-4-8-18(16)15-27-22-24-20-10-11-23-13-21(20)25(22)14-17-7-5-9-19(12-17)26-2/h3-13H,14-15H2,1-2H3. The first-order chi connectivity index (χ1) is 13.2. The summed E-state index contributed by atoms with van der Waals surface area (Å²) in [6, 6.07) is 18.6. The van der Waals surface area contributed by atoms with E-state index in [4.69, 9.17) is 9.72 Å². The number of ether oxygens (including phenoxy) is 1. The zero-order chi connectivity index (χ0) is 18.6. The summed E-state index contributed by atoms with van der Waals surface area (Å²) in [4.78, 5) is 9.15. The number of nitrogens with zero attached hydrogens (tertiary/aromatic N) is 3. The van der Waals surface area contributed by atoms with Gasteiger partial charge in [-0.25, -0.2) is 4.98 Å². The van der Waals surface area contributed by atoms with Gasteiger partial charge in [-0.15, -0.1) is 0 Å². The van der Waals surface area contributed by atoms with Gasteiger partial charge in [-0.1, -0.05) is 48.2 Å². The van der Waals surface area contributed by atoms with E-state index in [0.717, 1.165) is 34.2 Å². The second-order valence-corrected chi connectivity index (χ2v) is 7.35. The van der Waals surface area contributed by atoms with E-state index in [9.17, 15) is 0 Å². The summed E-state index contributed by atoms with van der Waals surface area (Å²) in [5, 5.41) is 1.00. The van der Waals surface area contributed by atoms with Crippen molar-refractivity contribution in [3.05, 3.63) is 83.7 Å². The molecule has 5 heteroatoms. The molecular weight excluding hydrogens is 354 g/mol. The van der Waals surface area contributed by atoms with Crippen molar-refractivity contribution in [3.63, 3.8) is 0 Å². The Balaban J connectivity index is 1.67. The lowest BCUT2D eigenvalue weighted by atomic mass is 10.1. The molecule has 0 aliphatic rings. The molecule has 0 N–H and O–H groups in total. The summed E-state index contributed by atoms with van der Waals surface area (Å²) in [5.74, 6) is 1.76. The zero-order valence-electron chi connectivity index (χ0n) is 15.4. The molecule has 0 aliphatic carbocycles. The highest BCUT2D eigenvalue weighted by Gasteiger charge is 2.13. The van der Waals surface area contributed by atoms with Gasteiger partial charge >= 0.3 is 0 Å². The van der Waals surface area contributed by atoms with Crippen LogP contribution in [0.15, 0.2) is 72.1 Å². The molecule has 0 unspecified atom stereocenters. The van der Waals surface area contributed by atoms with Crippen LogP contribution in [0.25, 0.3) is 11.0 Å². The summed E-state index contributed by atoms with van der Waals surface area (Å²) >= 11 is 1.76. The number of fused-ring (bicyclic) bond motifs is 1. The van der Waals surface area contributed by atoms with E-state index in [2.05, 4.69) is 52.9 Å². The Morgan fingerprint density at radius 3 is 2.81 bits per heavy atom. The first-order valence-electron chi connectivity index (χ1n) is 8.85. The number of hydrogen-bond acceptors (Lipinski definition) is 4. The van der Waals surface area contributed by atoms with Crippen molar-refractivity contribution >= 4 is 22.8 Å². The van der Waals surface area contributed by atoms with Gasteiger partial charge in [0.1, 0.15) is 5.75 Å². The van der Waals surface area contributed by atoms with E-state index in [1.807, 2.05) is 24.4 Å². The Morgan fingerprint density at radius 1 is 1.07 bits per heavy atom. The molecule has 2 heterocycles. The predicted octanol–water partition coefficient (Wildman–Crippen LogP) is 5.09. The minimum absolute atomic E-state index is 0.732. The number of aromatic nitrogens is 3. The lowest BCUT2D eigenvalue weighted by molar-refractivity contribution is 0.414. The Bertz CT molecular complexity index is 1070. The van der Waals surface area contributed by atoms with Crippen LogP contribution in [0.4, 0.5) is 0 Å². The smallest absolute Gasteiger partial charge is 0.169 e. The Hall–Kier alpha value is -2.79. The molecule has 0 spiro atoms. The summed E-state index contributed by atoms with van der Waals surface area (Å²) in [7, 11) is 1.69. The van der Waals surface area contributed by atoms with Crippen molar-refractivity contribution in [2.24, 2.45) is 0 Å². The molecule has 0 atom stereocenters. The van der Waals surface area contributed by atoms with Crippen molar-refractivity contribution in [2.45, 2.75) is 24.4 Å². The van der Waals surface area contributed by atoms with Gasteiger partial charge in [-0.05, 0) is 41.8 Å². The molecular formula is C22H21N3OS. The number of methoxy groups -OCH3 is 1. The fraction of sp³-hybridized carbons (Fsp3) is 0.182. The number of rotatable bonds is 6. The molecule has 0 radical (unpaired) electrons. The second-order valence-electron chi connectivity index (χ2n) is 6.41. The Kier molecular flexibility index (Phi) is 5.12. The first-order valence-corrected chi connectivity index (χ1v) is 9.83. The highest BCUT2D eigenvalue weighted by Crippen LogP contribution is 2.28. The maximum Gasteiger partial charge on any atom is 0.169 e. The van der Waals surface area contributed by atoms with Crippen LogP contribution in [-0.2, 0) is 12.3 Å². The molecule has 2 aromatic carbocycles. The monoisotopic (exact) mass is 375 g/mol. The van der Waals surface area contributed by atoms with Crippen LogP contribution < -0.4 is 4.74 Å². The minimum atomic E-state index is 0.732. The average Bonchev–Trinajstić information content (AvgIpc) is 3.05. The van der Waals surface area contributed by atoms with E-state index in [-0.39, 0.29) is 0 Å². The summed E-state index contributed by atoms with van der Waals surface area (Å²) in [6.07, 6.45) is 3.68. The Morgan fingerprint density at radius 2 is 1.96 bits per heavy atom. The maximum absolute atomic E-state index is 5.37. The molecule has 4 nitrogen and oxygen atoms in total. The number of thioether (sulfide) groups is 1. The zero-order valence-corrected chi connectivity index (χ0v) is 16.2. The van der Waals surface area contributed by atoms with Gasteiger partial charge in [0.25, 0.3) is 0 Å². The van der Waals surface area contributed by atoms with Gasteiger partial charge in [0, 0.05) is 11.9 Å². The summed E-state index contributed by atoms with van der Waals surface area (Å²) in [6.45, 7) is 2.88. The van der Waals surface area contributed by atoms with Gasteiger partial charge in [0.15, 0.2) is 5.16 Å². The third-order valence-corrected chi connectivity index (χ3v) is 5.63. The van der Waals surface area contributed by atoms with Crippen LogP contribution in [-0.4, -0.2) is 21.6 Å². The largest absolute Gasteiger partial charge is 0.497 e. The third kappa shape index (κ3) is 3.83. The van der Waals surface area contributed by atoms with Crippen LogP contribution in [0.2, 0.25) is 0 Å². The minimum Gasteiger partial charge on any atom is -0.497 e. The van der Waals surface area contributed by atoms with E-state index in [0.29, 0.717) is 0 Å². The number of pyridine rings is 1. The van der Waals surface area contributed by atoms with Gasteiger partial charge < -0.3 is 9.30 Å². The number of imidazole rings is 1. The normalized spacial score (nSPS) is 11.0. The van der Waals surface area contributed by atoms with Gasteiger partial charge in [0.2, 0.25) is 0 Å². The first kappa shape index (κ1) is 17.6. The molecule has 0 saturated heterocycles. The van der Waals surface area contributed by atoms with Gasteiger partial charge in [0.05, 0.1) is 30.9 Å². The lowest BCUT2D eigenvalue weighted by Crippen LogP contribution is -2.02. The SMILES string of the molecule is COc1cccc(Cn2c(SCc3ccccc3C)nc3ccncc32)c1. The molecule has 136 valence electrons. The number of aryl methyl sites for hydroxylation is 1. The van der Waals surface area contributed by atoms with Crippen molar-refractivity contribution < 1.29 is 4.74 Å². The molecule has 0 saturated carbocycles. The van der Waals surface area contributed by atoms with Gasteiger partial charge in [-0.2, -0.15) is 0 Å². The van der Waals surface area contributed by atoms with Crippen LogP contribution >= 0.6 is 11.8 Å². The van der Waals surface area contributed by atoms with Crippen molar-refractivity contribution in [2.75, 3.05) is 7.11 Å². The second kappa shape index (κ2) is 7.84. The molecule has 0 fully saturated rings. The summed E-state index contributed by atoms with van der Waals surface area (Å²) < 4.78 is 7.60. The molecule has 4 aromatic rings. The molecule has 4 rings (SSSR count). The molecule has 0 bridgehead atoms. The molecule has 27 heavy (non-hydrogen) atoms. The molecule has 0 aliphatic heterocycles. The van der Waals surface area contributed by atoms with Crippen LogP contribution in [0.3, 0.4) is 0 Å². The predicted molar refractivity (Wildman–Crippen MR) is 110 cm³/mol. The number of hydrogen-bond donors (Lipinski definition) is 0. The van der Waals surface area contributed by atoms with Crippen LogP contribution in [0, 0.1) is 6.92 Å². The van der Waals surface area contributed by atoms with Crippen molar-refractivity contribution in [3.8, 4) is 5.75 Å². The third-order valence-electron chi connectivity index (χ3n) is 4.61. The van der Waals surface area contributed by atoms with E-state index in [1.54, 1.807) is 25.1 Å². The Labute approximate surface area is 163 Å². The fourth-order valence-corrected chi connectivity index (χ4v) is 4.17. The van der Waals surface area contributed by atoms with Crippen molar-refractivity contribution in [1.82, 2.24) is 14.5 Å². The van der Waals surface area contributed by atoms with Crippen molar-refractivity contribution in [1.29, 1.82) is 0 Å². The highest BCUT2D eigenvalue weighted by atomic mass is 32.2. The van der Waals surface area contributed by atoms with Gasteiger partial charge in [-0.3, -0.25) is 4.98 Å². The van der Waals surface area contributed by atoms with E-state index < -0.39 is 0 Å². The maximum atomic E-state index is 5.37. The molecule has 2 aromatic heterocycles. The quantitative estimate of drug-likeness (QED) is 0.440. The highest BCUT2D eigenvalue weighted by molar-refractivity contribution is 7.98.